The van der Waals surface area contributed by atoms with Gasteiger partial charge in [0.05, 0.1) is 18.4 Å². The summed E-state index contributed by atoms with van der Waals surface area (Å²) >= 11 is 0. The quantitative estimate of drug-likeness (QED) is 0.904. The summed E-state index contributed by atoms with van der Waals surface area (Å²) < 4.78 is 6.98. The fourth-order valence-electron chi connectivity index (χ4n) is 2.06. The van der Waals surface area contributed by atoms with Gasteiger partial charge in [0.15, 0.2) is 0 Å². The van der Waals surface area contributed by atoms with Crippen molar-refractivity contribution in [2.24, 2.45) is 0 Å². The molecule has 0 fully saturated rings. The molecule has 2 rings (SSSR count). The topological polar surface area (TPSA) is 51.5 Å². The first kappa shape index (κ1) is 12.2. The summed E-state index contributed by atoms with van der Waals surface area (Å²) in [6.45, 7) is 3.89. The largest absolute Gasteiger partial charge is 0.497 e. The molecule has 0 spiro atoms. The second-order valence-electron chi connectivity index (χ2n) is 4.14. The summed E-state index contributed by atoms with van der Waals surface area (Å²) in [6.07, 6.45) is 0. The van der Waals surface area contributed by atoms with Crippen molar-refractivity contribution >= 4 is 5.97 Å². The smallest absolute Gasteiger partial charge is 0.337 e. The van der Waals surface area contributed by atoms with Crippen LogP contribution in [0, 0.1) is 13.8 Å². The standard InChI is InChI=1S/C14H15NO3/c1-9-4-5-10(2)15(9)13-7-6-11(18-3)8-12(13)14(16)17/h4-8H,1-3H3,(H,16,17). The number of aromatic carboxylic acids is 1. The maximum absolute atomic E-state index is 11.3. The molecule has 0 saturated heterocycles. The van der Waals surface area contributed by atoms with Gasteiger partial charge in [0.25, 0.3) is 0 Å². The Balaban J connectivity index is 2.68. The second kappa shape index (κ2) is 4.56. The Morgan fingerprint density at radius 1 is 1.17 bits per heavy atom. The van der Waals surface area contributed by atoms with Crippen LogP contribution in [0.5, 0.6) is 5.75 Å². The molecule has 1 heterocycles. The van der Waals surface area contributed by atoms with Crippen LogP contribution in [-0.2, 0) is 0 Å². The normalized spacial score (nSPS) is 10.4. The van der Waals surface area contributed by atoms with Gasteiger partial charge in [-0.1, -0.05) is 0 Å². The molecule has 0 saturated carbocycles. The number of aromatic nitrogens is 1. The SMILES string of the molecule is COc1ccc(-n2c(C)ccc2C)c(C(=O)O)c1. The highest BCUT2D eigenvalue weighted by molar-refractivity contribution is 5.92. The van der Waals surface area contributed by atoms with Gasteiger partial charge in [-0.05, 0) is 44.2 Å². The van der Waals surface area contributed by atoms with Crippen molar-refractivity contribution in [1.82, 2.24) is 4.57 Å². The second-order valence-corrected chi connectivity index (χ2v) is 4.14. The lowest BCUT2D eigenvalue weighted by Gasteiger charge is -2.13. The molecule has 4 nitrogen and oxygen atoms in total. The molecule has 1 N–H and O–H groups in total. The number of methoxy groups -OCH3 is 1. The van der Waals surface area contributed by atoms with E-state index in [1.165, 1.54) is 13.2 Å². The van der Waals surface area contributed by atoms with Crippen LogP contribution < -0.4 is 4.74 Å². The van der Waals surface area contributed by atoms with E-state index < -0.39 is 5.97 Å². The molecule has 0 bridgehead atoms. The van der Waals surface area contributed by atoms with Gasteiger partial charge in [-0.3, -0.25) is 0 Å². The van der Waals surface area contributed by atoms with Crippen molar-refractivity contribution in [2.75, 3.05) is 7.11 Å². The van der Waals surface area contributed by atoms with Crippen molar-refractivity contribution in [2.45, 2.75) is 13.8 Å². The molecule has 0 amide bonds. The number of hydrogen-bond donors (Lipinski definition) is 1. The number of rotatable bonds is 3. The zero-order valence-electron chi connectivity index (χ0n) is 10.6. The molecule has 1 aromatic heterocycles. The maximum Gasteiger partial charge on any atom is 0.337 e. The molecular weight excluding hydrogens is 230 g/mol. The predicted molar refractivity (Wildman–Crippen MR) is 68.8 cm³/mol. The van der Waals surface area contributed by atoms with Gasteiger partial charge in [0.2, 0.25) is 0 Å². The highest BCUT2D eigenvalue weighted by atomic mass is 16.5. The molecule has 18 heavy (non-hydrogen) atoms. The van der Waals surface area contributed by atoms with Gasteiger partial charge >= 0.3 is 5.97 Å². The Morgan fingerprint density at radius 3 is 2.28 bits per heavy atom. The summed E-state index contributed by atoms with van der Waals surface area (Å²) in [4.78, 5) is 11.3. The number of hydrogen-bond acceptors (Lipinski definition) is 2. The first-order chi connectivity index (χ1) is 8.54. The van der Waals surface area contributed by atoms with Crippen molar-refractivity contribution in [3.8, 4) is 11.4 Å². The Labute approximate surface area is 105 Å². The van der Waals surface area contributed by atoms with Crippen molar-refractivity contribution in [3.63, 3.8) is 0 Å². The minimum atomic E-state index is -0.962. The number of carboxylic acid groups (broad SMARTS) is 1. The van der Waals surface area contributed by atoms with Gasteiger partial charge in [-0.25, -0.2) is 4.79 Å². The van der Waals surface area contributed by atoms with Gasteiger partial charge in [0, 0.05) is 11.4 Å². The van der Waals surface area contributed by atoms with Crippen LogP contribution in [0.15, 0.2) is 30.3 Å². The number of aryl methyl sites for hydroxylation is 2. The average Bonchev–Trinajstić information content (AvgIpc) is 2.68. The van der Waals surface area contributed by atoms with Crippen LogP contribution in [0.4, 0.5) is 0 Å². The lowest BCUT2D eigenvalue weighted by molar-refractivity contribution is 0.0696. The summed E-state index contributed by atoms with van der Waals surface area (Å²) in [5.74, 6) is -0.421. The van der Waals surface area contributed by atoms with E-state index in [9.17, 15) is 9.90 Å². The Morgan fingerprint density at radius 2 is 1.78 bits per heavy atom. The number of carboxylic acids is 1. The monoisotopic (exact) mass is 245 g/mol. The van der Waals surface area contributed by atoms with E-state index in [1.807, 2.05) is 30.5 Å². The van der Waals surface area contributed by atoms with Crippen LogP contribution in [0.2, 0.25) is 0 Å². The van der Waals surface area contributed by atoms with E-state index in [0.717, 1.165) is 11.4 Å². The van der Waals surface area contributed by atoms with E-state index in [-0.39, 0.29) is 5.56 Å². The number of carbonyl (C=O) groups is 1. The van der Waals surface area contributed by atoms with E-state index in [0.29, 0.717) is 11.4 Å². The molecule has 2 aromatic rings. The molecule has 0 aliphatic rings. The van der Waals surface area contributed by atoms with Gasteiger partial charge < -0.3 is 14.4 Å². The lowest BCUT2D eigenvalue weighted by Crippen LogP contribution is -2.08. The van der Waals surface area contributed by atoms with Crippen LogP contribution in [0.3, 0.4) is 0 Å². The number of nitrogens with zero attached hydrogens (tertiary/aromatic N) is 1. The highest BCUT2D eigenvalue weighted by Crippen LogP contribution is 2.24. The molecule has 1 aromatic carbocycles. The molecule has 0 atom stereocenters. The van der Waals surface area contributed by atoms with Crippen LogP contribution in [-0.4, -0.2) is 22.8 Å². The Hall–Kier alpha value is -2.23. The summed E-state index contributed by atoms with van der Waals surface area (Å²) in [5.41, 5.74) is 2.89. The zero-order chi connectivity index (χ0) is 13.3. The summed E-state index contributed by atoms with van der Waals surface area (Å²) in [5, 5.41) is 9.30. The first-order valence-corrected chi connectivity index (χ1v) is 5.61. The first-order valence-electron chi connectivity index (χ1n) is 5.61. The van der Waals surface area contributed by atoms with Gasteiger partial charge in [0.1, 0.15) is 5.75 Å². The average molecular weight is 245 g/mol. The number of ether oxygens (including phenoxy) is 1. The molecule has 0 radical (unpaired) electrons. The van der Waals surface area contributed by atoms with E-state index in [2.05, 4.69) is 0 Å². The van der Waals surface area contributed by atoms with Crippen LogP contribution in [0.25, 0.3) is 5.69 Å². The van der Waals surface area contributed by atoms with Crippen LogP contribution >= 0.6 is 0 Å². The molecule has 0 aliphatic heterocycles. The van der Waals surface area contributed by atoms with E-state index in [4.69, 9.17) is 4.74 Å². The van der Waals surface area contributed by atoms with Gasteiger partial charge in [-0.15, -0.1) is 0 Å². The van der Waals surface area contributed by atoms with Crippen molar-refractivity contribution in [1.29, 1.82) is 0 Å². The van der Waals surface area contributed by atoms with Crippen LogP contribution in [0.1, 0.15) is 21.7 Å². The fourth-order valence-corrected chi connectivity index (χ4v) is 2.06. The zero-order valence-corrected chi connectivity index (χ0v) is 10.6. The third kappa shape index (κ3) is 1.97. The van der Waals surface area contributed by atoms with E-state index in [1.54, 1.807) is 12.1 Å². The minimum absolute atomic E-state index is 0.233. The minimum Gasteiger partial charge on any atom is -0.497 e. The van der Waals surface area contributed by atoms with Crippen molar-refractivity contribution in [3.05, 3.63) is 47.3 Å². The summed E-state index contributed by atoms with van der Waals surface area (Å²) in [6, 6.07) is 9.00. The highest BCUT2D eigenvalue weighted by Gasteiger charge is 2.15. The predicted octanol–water partition coefficient (Wildman–Crippen LogP) is 2.80. The van der Waals surface area contributed by atoms with Crippen molar-refractivity contribution < 1.29 is 14.6 Å². The third-order valence-corrected chi connectivity index (χ3v) is 2.95. The lowest BCUT2D eigenvalue weighted by atomic mass is 10.1. The Kier molecular flexibility index (Phi) is 3.10. The molecule has 0 aliphatic carbocycles. The summed E-state index contributed by atoms with van der Waals surface area (Å²) in [7, 11) is 1.52. The number of benzene rings is 1. The fraction of sp³-hybridized carbons (Fsp3) is 0.214. The molecule has 0 unspecified atom stereocenters. The molecular formula is C14H15NO3. The maximum atomic E-state index is 11.3. The Bertz CT molecular complexity index is 580. The van der Waals surface area contributed by atoms with E-state index >= 15 is 0 Å². The third-order valence-electron chi connectivity index (χ3n) is 2.95. The molecule has 94 valence electrons. The molecule has 4 heteroatoms. The van der Waals surface area contributed by atoms with Gasteiger partial charge in [-0.2, -0.15) is 0 Å².